The lowest BCUT2D eigenvalue weighted by molar-refractivity contribution is 0.0344. The number of aromatic nitrogens is 2. The van der Waals surface area contributed by atoms with Crippen LogP contribution in [0.4, 0.5) is 0 Å². The van der Waals surface area contributed by atoms with Crippen LogP contribution in [0.15, 0.2) is 6.07 Å². The highest BCUT2D eigenvalue weighted by Gasteiger charge is 2.35. The Bertz CT molecular complexity index is 628. The van der Waals surface area contributed by atoms with Gasteiger partial charge in [-0.3, -0.25) is 9.89 Å². The van der Waals surface area contributed by atoms with E-state index in [1.54, 1.807) is 7.11 Å². The van der Waals surface area contributed by atoms with Crippen molar-refractivity contribution in [2.75, 3.05) is 39.9 Å². The summed E-state index contributed by atoms with van der Waals surface area (Å²) >= 11 is 0. The molecule has 2 fully saturated rings. The number of hydrogen-bond donors (Lipinski definition) is 1. The van der Waals surface area contributed by atoms with Crippen molar-refractivity contribution in [3.8, 4) is 0 Å². The number of carbonyl (C=O) groups is 1. The summed E-state index contributed by atoms with van der Waals surface area (Å²) in [7, 11) is 1.72. The van der Waals surface area contributed by atoms with Crippen molar-refractivity contribution >= 4 is 5.91 Å². The summed E-state index contributed by atoms with van der Waals surface area (Å²) in [5.41, 5.74) is 1.63. The van der Waals surface area contributed by atoms with Gasteiger partial charge in [-0.1, -0.05) is 20.3 Å². The fourth-order valence-corrected chi connectivity index (χ4v) is 4.95. The molecular weight excluding hydrogens is 364 g/mol. The van der Waals surface area contributed by atoms with E-state index in [0.717, 1.165) is 38.0 Å². The van der Waals surface area contributed by atoms with Crippen LogP contribution in [0.5, 0.6) is 0 Å². The van der Waals surface area contributed by atoms with E-state index in [1.165, 1.54) is 45.2 Å². The van der Waals surface area contributed by atoms with Gasteiger partial charge in [-0.15, -0.1) is 0 Å². The Morgan fingerprint density at radius 3 is 2.93 bits per heavy atom. The molecule has 1 aromatic rings. The molecule has 2 saturated heterocycles. The smallest absolute Gasteiger partial charge is 0.274 e. The number of fused-ring (bicyclic) bond motifs is 1. The molecule has 29 heavy (non-hydrogen) atoms. The van der Waals surface area contributed by atoms with Gasteiger partial charge in [0.25, 0.3) is 5.91 Å². The maximum absolute atomic E-state index is 13.3. The van der Waals surface area contributed by atoms with Crippen molar-refractivity contribution in [1.29, 1.82) is 0 Å². The zero-order valence-corrected chi connectivity index (χ0v) is 18.7. The molecule has 2 atom stereocenters. The first-order valence-electron chi connectivity index (χ1n) is 11.6. The number of hydrogen-bond acceptors (Lipinski definition) is 4. The van der Waals surface area contributed by atoms with Crippen molar-refractivity contribution in [2.45, 2.75) is 71.3 Å². The molecular formula is C23H40N4O2. The third-order valence-corrected chi connectivity index (χ3v) is 6.59. The highest BCUT2D eigenvalue weighted by atomic mass is 16.5. The standard InChI is InChI=1S/C23H40N4O2/c1-18(2)10-11-20-16-21(25-24-20)23(28)27(14-7-15-29-3)17-19-8-6-13-26-12-5-4-9-22(19)26/h16,18-19,22H,4-15,17H2,1-3H3,(H,24,25)/t19-,22+/m0/s1. The van der Waals surface area contributed by atoms with Crippen LogP contribution in [0.25, 0.3) is 0 Å². The lowest BCUT2D eigenvalue weighted by Crippen LogP contribution is -2.51. The highest BCUT2D eigenvalue weighted by molar-refractivity contribution is 5.92. The fourth-order valence-electron chi connectivity index (χ4n) is 4.95. The van der Waals surface area contributed by atoms with Gasteiger partial charge in [0, 0.05) is 38.5 Å². The molecule has 0 unspecified atom stereocenters. The van der Waals surface area contributed by atoms with E-state index in [9.17, 15) is 4.79 Å². The van der Waals surface area contributed by atoms with E-state index >= 15 is 0 Å². The lowest BCUT2D eigenvalue weighted by atomic mass is 9.83. The molecule has 1 amide bonds. The molecule has 6 heteroatoms. The van der Waals surface area contributed by atoms with Crippen LogP contribution in [0.2, 0.25) is 0 Å². The molecule has 0 aliphatic carbocycles. The molecule has 2 aliphatic heterocycles. The Balaban J connectivity index is 1.66. The summed E-state index contributed by atoms with van der Waals surface area (Å²) in [6, 6.07) is 2.61. The summed E-state index contributed by atoms with van der Waals surface area (Å²) in [5.74, 6) is 1.30. The predicted octanol–water partition coefficient (Wildman–Crippen LogP) is 3.74. The Labute approximate surface area is 176 Å². The number of H-pyrrole nitrogens is 1. The second kappa shape index (κ2) is 11.1. The molecule has 0 aromatic carbocycles. The maximum atomic E-state index is 13.3. The van der Waals surface area contributed by atoms with Gasteiger partial charge in [-0.25, -0.2) is 0 Å². The van der Waals surface area contributed by atoms with E-state index in [2.05, 4.69) is 28.9 Å². The summed E-state index contributed by atoms with van der Waals surface area (Å²) < 4.78 is 5.24. The highest BCUT2D eigenvalue weighted by Crippen LogP contribution is 2.31. The van der Waals surface area contributed by atoms with Gasteiger partial charge in [0.1, 0.15) is 5.69 Å². The van der Waals surface area contributed by atoms with E-state index in [1.807, 2.05) is 11.0 Å². The summed E-state index contributed by atoms with van der Waals surface area (Å²) in [6.07, 6.45) is 9.34. The van der Waals surface area contributed by atoms with Crippen LogP contribution >= 0.6 is 0 Å². The number of piperidine rings is 2. The number of carbonyl (C=O) groups excluding carboxylic acids is 1. The van der Waals surface area contributed by atoms with Gasteiger partial charge in [0.05, 0.1) is 0 Å². The van der Waals surface area contributed by atoms with Crippen LogP contribution in [0.3, 0.4) is 0 Å². The minimum absolute atomic E-state index is 0.0704. The molecule has 0 bridgehead atoms. The minimum atomic E-state index is 0.0704. The third-order valence-electron chi connectivity index (χ3n) is 6.59. The van der Waals surface area contributed by atoms with Crippen LogP contribution in [-0.4, -0.2) is 71.8 Å². The average molecular weight is 405 g/mol. The van der Waals surface area contributed by atoms with Gasteiger partial charge >= 0.3 is 0 Å². The van der Waals surface area contributed by atoms with Crippen molar-refractivity contribution in [3.05, 3.63) is 17.5 Å². The van der Waals surface area contributed by atoms with Crippen LogP contribution in [0, 0.1) is 11.8 Å². The number of methoxy groups -OCH3 is 1. The monoisotopic (exact) mass is 404 g/mol. The minimum Gasteiger partial charge on any atom is -0.385 e. The van der Waals surface area contributed by atoms with E-state index in [4.69, 9.17) is 4.74 Å². The van der Waals surface area contributed by atoms with Gasteiger partial charge < -0.3 is 14.5 Å². The number of nitrogens with one attached hydrogen (secondary N) is 1. The predicted molar refractivity (Wildman–Crippen MR) is 116 cm³/mol. The van der Waals surface area contributed by atoms with Crippen molar-refractivity contribution < 1.29 is 9.53 Å². The summed E-state index contributed by atoms with van der Waals surface area (Å²) in [5, 5.41) is 7.44. The van der Waals surface area contributed by atoms with Gasteiger partial charge in [-0.2, -0.15) is 5.10 Å². The summed E-state index contributed by atoms with van der Waals surface area (Å²) in [4.78, 5) is 18.0. The molecule has 1 N–H and O–H groups in total. The summed E-state index contributed by atoms with van der Waals surface area (Å²) in [6.45, 7) is 9.18. The largest absolute Gasteiger partial charge is 0.385 e. The normalized spacial score (nSPS) is 22.6. The Morgan fingerprint density at radius 2 is 2.14 bits per heavy atom. The molecule has 6 nitrogen and oxygen atoms in total. The quantitative estimate of drug-likeness (QED) is 0.604. The number of amides is 1. The van der Waals surface area contributed by atoms with E-state index in [0.29, 0.717) is 30.2 Å². The van der Waals surface area contributed by atoms with Crippen molar-refractivity contribution in [2.24, 2.45) is 11.8 Å². The maximum Gasteiger partial charge on any atom is 0.274 e. The zero-order chi connectivity index (χ0) is 20.6. The number of aromatic amines is 1. The first kappa shape index (κ1) is 22.3. The molecule has 0 radical (unpaired) electrons. The lowest BCUT2D eigenvalue weighted by Gasteiger charge is -2.45. The third kappa shape index (κ3) is 6.29. The Morgan fingerprint density at radius 1 is 1.31 bits per heavy atom. The first-order chi connectivity index (χ1) is 14.1. The van der Waals surface area contributed by atoms with Gasteiger partial charge in [-0.05, 0) is 75.9 Å². The molecule has 164 valence electrons. The number of nitrogens with zero attached hydrogens (tertiary/aromatic N) is 3. The second-order valence-electron chi connectivity index (χ2n) is 9.31. The second-order valence-corrected chi connectivity index (χ2v) is 9.31. The SMILES string of the molecule is COCCCN(C[C@@H]1CCCN2CCCC[C@H]12)C(=O)c1cc(CCC(C)C)[nH]n1. The van der Waals surface area contributed by atoms with E-state index in [-0.39, 0.29) is 5.91 Å². The molecule has 1 aromatic heterocycles. The van der Waals surface area contributed by atoms with Gasteiger partial charge in [0.15, 0.2) is 0 Å². The van der Waals surface area contributed by atoms with Crippen molar-refractivity contribution in [3.63, 3.8) is 0 Å². The number of ether oxygens (including phenoxy) is 1. The molecule has 3 heterocycles. The molecule has 0 spiro atoms. The molecule has 0 saturated carbocycles. The Kier molecular flexibility index (Phi) is 8.54. The zero-order valence-electron chi connectivity index (χ0n) is 18.7. The first-order valence-corrected chi connectivity index (χ1v) is 11.6. The molecule has 3 rings (SSSR count). The van der Waals surface area contributed by atoms with Crippen LogP contribution < -0.4 is 0 Å². The van der Waals surface area contributed by atoms with Gasteiger partial charge in [0.2, 0.25) is 0 Å². The Hall–Kier alpha value is -1.40. The number of rotatable bonds is 10. The topological polar surface area (TPSA) is 61.5 Å². The average Bonchev–Trinajstić information content (AvgIpc) is 3.20. The molecule has 2 aliphatic rings. The van der Waals surface area contributed by atoms with E-state index < -0.39 is 0 Å². The fraction of sp³-hybridized carbons (Fsp3) is 0.826. The van der Waals surface area contributed by atoms with Crippen LogP contribution in [-0.2, 0) is 11.2 Å². The van der Waals surface area contributed by atoms with Crippen molar-refractivity contribution in [1.82, 2.24) is 20.0 Å². The van der Waals surface area contributed by atoms with Crippen LogP contribution in [0.1, 0.15) is 75.0 Å². The number of aryl methyl sites for hydroxylation is 1.